The number of carbonyl (C=O) groups excluding carboxylic acids is 1. The SMILES string of the molecule is CC1C(n2cnc3c(NNS(C)(=O)=O)nc(N)nc32)OC(COP(NC2(C(=O)OC3CCC3)CCC2)Oc2ccc(Cl)cc2)[C@@H](O)[C@H]1O. The number of nitrogens with zero attached hydrogens (tertiary/aromatic N) is 4. The lowest BCUT2D eigenvalue weighted by Gasteiger charge is -2.44. The number of hydrogen-bond acceptors (Lipinski definition) is 15. The Labute approximate surface area is 282 Å². The van der Waals surface area contributed by atoms with Gasteiger partial charge in [-0.1, -0.05) is 18.5 Å². The predicted octanol–water partition coefficient (Wildman–Crippen LogP) is 2.12. The molecule has 0 spiro atoms. The van der Waals surface area contributed by atoms with Crippen LogP contribution in [0.5, 0.6) is 5.75 Å². The third kappa shape index (κ3) is 7.61. The molecule has 0 amide bonds. The molecule has 3 fully saturated rings. The largest absolute Gasteiger partial charge is 0.461 e. The number of nitrogen functional groups attached to an aromatic ring is 1. The summed E-state index contributed by atoms with van der Waals surface area (Å²) in [4.78, 5) is 28.0. The standard InChI is InChI=1S/C28H38ClN8O9PS/c1-15-21(38)22(39)19(45-25(15)37-14-31-20-23(34-36-48(2,41)42)32-27(30)33-24(20)37)13-43-47(46-18-9-7-16(29)8-10-18)35-28(11-4-12-28)26(40)44-17-5-3-6-17/h7-10,14-15,17,19,21-22,25,35-36,38-39H,3-6,11-13H2,1-2H3,(H3,30,32,33,34)/t15?,19?,21-,22+,25?,47?/m0/s1. The van der Waals surface area contributed by atoms with Gasteiger partial charge >= 0.3 is 14.5 Å². The van der Waals surface area contributed by atoms with E-state index in [0.29, 0.717) is 23.6 Å². The third-order valence-electron chi connectivity index (χ3n) is 8.69. The van der Waals surface area contributed by atoms with E-state index in [1.165, 1.54) is 10.9 Å². The fourth-order valence-electron chi connectivity index (χ4n) is 5.52. The van der Waals surface area contributed by atoms with Crippen molar-refractivity contribution in [2.45, 2.75) is 81.6 Å². The zero-order valence-corrected chi connectivity index (χ0v) is 28.6. The van der Waals surface area contributed by atoms with E-state index in [1.54, 1.807) is 31.2 Å². The highest BCUT2D eigenvalue weighted by atomic mass is 35.5. The Morgan fingerprint density at radius 3 is 2.54 bits per heavy atom. The van der Waals surface area contributed by atoms with Crippen LogP contribution in [0.3, 0.4) is 0 Å². The van der Waals surface area contributed by atoms with Gasteiger partial charge in [0.2, 0.25) is 16.0 Å². The molecule has 6 rings (SSSR count). The Morgan fingerprint density at radius 1 is 1.19 bits per heavy atom. The maximum absolute atomic E-state index is 13.3. The lowest BCUT2D eigenvalue weighted by Crippen LogP contribution is -2.57. The molecule has 17 nitrogen and oxygen atoms in total. The minimum absolute atomic E-state index is 0.00225. The number of carbonyl (C=O) groups is 1. The molecule has 48 heavy (non-hydrogen) atoms. The van der Waals surface area contributed by atoms with Crippen LogP contribution in [0.1, 0.15) is 51.7 Å². The minimum Gasteiger partial charge on any atom is -0.461 e. The number of nitrogens with one attached hydrogen (secondary N) is 3. The molecule has 0 bridgehead atoms. The van der Waals surface area contributed by atoms with Gasteiger partial charge in [-0.05, 0) is 62.8 Å². The molecule has 4 unspecified atom stereocenters. The van der Waals surface area contributed by atoms with E-state index in [9.17, 15) is 23.4 Å². The van der Waals surface area contributed by atoms with Gasteiger partial charge in [-0.2, -0.15) is 9.97 Å². The van der Waals surface area contributed by atoms with Gasteiger partial charge in [-0.25, -0.2) is 18.5 Å². The highest BCUT2D eigenvalue weighted by molar-refractivity contribution is 7.88. The zero-order chi connectivity index (χ0) is 34.2. The Balaban J connectivity index is 1.22. The van der Waals surface area contributed by atoms with E-state index < -0.39 is 54.5 Å². The number of aliphatic hydroxyl groups excluding tert-OH is 2. The molecule has 262 valence electrons. The summed E-state index contributed by atoms with van der Waals surface area (Å²) in [5, 5.41) is 26.0. The monoisotopic (exact) mass is 728 g/mol. The van der Waals surface area contributed by atoms with Crippen molar-refractivity contribution in [1.29, 1.82) is 0 Å². The molecule has 1 saturated heterocycles. The Morgan fingerprint density at radius 2 is 1.92 bits per heavy atom. The van der Waals surface area contributed by atoms with Gasteiger partial charge in [0.25, 0.3) is 0 Å². The van der Waals surface area contributed by atoms with Crippen molar-refractivity contribution < 1.29 is 41.9 Å². The van der Waals surface area contributed by atoms with Gasteiger partial charge in [0.05, 0.1) is 25.3 Å². The molecule has 1 aliphatic heterocycles. The van der Waals surface area contributed by atoms with Crippen LogP contribution in [0, 0.1) is 5.92 Å². The summed E-state index contributed by atoms with van der Waals surface area (Å²) in [6.45, 7) is 1.44. The first-order chi connectivity index (χ1) is 22.8. The molecule has 7 N–H and O–H groups in total. The third-order valence-corrected chi connectivity index (χ3v) is 10.8. The molecule has 20 heteroatoms. The second-order valence-electron chi connectivity index (χ2n) is 12.3. The van der Waals surface area contributed by atoms with Crippen molar-refractivity contribution in [1.82, 2.24) is 29.4 Å². The van der Waals surface area contributed by atoms with Crippen molar-refractivity contribution in [3.63, 3.8) is 0 Å². The van der Waals surface area contributed by atoms with Crippen molar-refractivity contribution >= 4 is 59.0 Å². The minimum atomic E-state index is -3.64. The summed E-state index contributed by atoms with van der Waals surface area (Å²) >= 11 is 6.06. The number of fused-ring (bicyclic) bond motifs is 1. The second kappa shape index (κ2) is 14.1. The Bertz CT molecular complexity index is 1730. The number of imidazole rings is 1. The number of esters is 1. The summed E-state index contributed by atoms with van der Waals surface area (Å²) in [7, 11) is -5.64. The number of nitrogens with two attached hydrogens (primary N) is 1. The molecule has 3 aromatic rings. The molecule has 3 heterocycles. The molecular weight excluding hydrogens is 691 g/mol. The summed E-state index contributed by atoms with van der Waals surface area (Å²) in [6, 6.07) is 6.66. The van der Waals surface area contributed by atoms with Crippen LogP contribution in [0.2, 0.25) is 5.02 Å². The number of benzene rings is 1. The van der Waals surface area contributed by atoms with Gasteiger partial charge in [0.15, 0.2) is 17.0 Å². The van der Waals surface area contributed by atoms with E-state index in [4.69, 9.17) is 35.9 Å². The maximum Gasteiger partial charge on any atom is 0.327 e. The average Bonchev–Trinajstić information content (AvgIpc) is 3.42. The van der Waals surface area contributed by atoms with Gasteiger partial charge in [0.1, 0.15) is 35.8 Å². The second-order valence-corrected chi connectivity index (χ2v) is 15.6. The summed E-state index contributed by atoms with van der Waals surface area (Å²) in [5.74, 6) is -0.750. The molecule has 2 aliphatic carbocycles. The number of sulfonamides is 1. The maximum atomic E-state index is 13.3. The number of hydrogen-bond donors (Lipinski definition) is 6. The quantitative estimate of drug-likeness (QED) is 0.0840. The van der Waals surface area contributed by atoms with Crippen LogP contribution < -0.4 is 25.6 Å². The van der Waals surface area contributed by atoms with E-state index in [-0.39, 0.29) is 41.6 Å². The van der Waals surface area contributed by atoms with E-state index in [0.717, 1.165) is 31.9 Å². The summed E-state index contributed by atoms with van der Waals surface area (Å²) < 4.78 is 49.2. The number of aromatic nitrogens is 4. The van der Waals surface area contributed by atoms with Gasteiger partial charge in [-0.15, -0.1) is 4.83 Å². The van der Waals surface area contributed by atoms with Crippen molar-refractivity contribution in [3.8, 4) is 5.75 Å². The lowest BCUT2D eigenvalue weighted by molar-refractivity contribution is -0.225. The summed E-state index contributed by atoms with van der Waals surface area (Å²) in [5.41, 5.74) is 7.78. The number of hydrazine groups is 1. The first-order valence-electron chi connectivity index (χ1n) is 15.4. The number of aliphatic hydroxyl groups is 2. The highest BCUT2D eigenvalue weighted by Crippen LogP contribution is 2.46. The summed E-state index contributed by atoms with van der Waals surface area (Å²) in [6.07, 6.45) is 2.28. The highest BCUT2D eigenvalue weighted by Gasteiger charge is 2.50. The number of rotatable bonds is 13. The number of ether oxygens (including phenoxy) is 2. The van der Waals surface area contributed by atoms with E-state index >= 15 is 0 Å². The van der Waals surface area contributed by atoms with Crippen LogP contribution in [0.25, 0.3) is 11.2 Å². The first kappa shape index (κ1) is 34.9. The average molecular weight is 729 g/mol. The normalized spacial score (nSPS) is 26.3. The topological polar surface area (TPSA) is 234 Å². The van der Waals surface area contributed by atoms with Gasteiger partial charge in [0, 0.05) is 10.9 Å². The Hall–Kier alpha value is -2.93. The van der Waals surface area contributed by atoms with E-state index in [1.807, 2.05) is 0 Å². The van der Waals surface area contributed by atoms with Crippen LogP contribution in [0.4, 0.5) is 11.8 Å². The fourth-order valence-corrected chi connectivity index (χ4v) is 7.35. The molecule has 1 aromatic carbocycles. The van der Waals surface area contributed by atoms with Crippen molar-refractivity contribution in [3.05, 3.63) is 35.6 Å². The van der Waals surface area contributed by atoms with Crippen molar-refractivity contribution in [2.24, 2.45) is 5.92 Å². The molecule has 2 saturated carbocycles. The molecule has 6 atom stereocenters. The van der Waals surface area contributed by atoms with Crippen LogP contribution in [0.15, 0.2) is 30.6 Å². The number of anilines is 2. The molecule has 2 aromatic heterocycles. The lowest BCUT2D eigenvalue weighted by atomic mass is 9.77. The zero-order valence-electron chi connectivity index (χ0n) is 26.2. The van der Waals surface area contributed by atoms with Crippen LogP contribution >= 0.6 is 20.1 Å². The smallest absolute Gasteiger partial charge is 0.327 e. The van der Waals surface area contributed by atoms with Gasteiger partial charge in [-0.3, -0.25) is 14.8 Å². The molecule has 3 aliphatic rings. The first-order valence-corrected chi connectivity index (χ1v) is 18.9. The predicted molar refractivity (Wildman–Crippen MR) is 175 cm³/mol. The Kier molecular flexibility index (Phi) is 10.3. The fraction of sp³-hybridized carbons (Fsp3) is 0.571. The van der Waals surface area contributed by atoms with E-state index in [2.05, 4.69) is 30.3 Å². The van der Waals surface area contributed by atoms with Crippen molar-refractivity contribution in [2.75, 3.05) is 24.0 Å². The van der Waals surface area contributed by atoms with Crippen LogP contribution in [-0.2, 0) is 28.8 Å². The number of halogens is 1. The molecular formula is C28H38ClN8O9PS. The van der Waals surface area contributed by atoms with Crippen LogP contribution in [-0.4, -0.2) is 86.9 Å². The molecule has 0 radical (unpaired) electrons. The van der Waals surface area contributed by atoms with Gasteiger partial charge < -0.3 is 34.5 Å².